The van der Waals surface area contributed by atoms with Gasteiger partial charge >= 0.3 is 0 Å². The Labute approximate surface area is 142 Å². The number of benzene rings is 1. The normalized spacial score (nSPS) is 11.7. The van der Waals surface area contributed by atoms with Crippen molar-refractivity contribution in [3.8, 4) is 11.5 Å². The largest absolute Gasteiger partial charge is 0.493 e. The van der Waals surface area contributed by atoms with Gasteiger partial charge in [0.25, 0.3) is 0 Å². The number of amides is 1. The van der Waals surface area contributed by atoms with Crippen molar-refractivity contribution >= 4 is 39.8 Å². The summed E-state index contributed by atoms with van der Waals surface area (Å²) < 4.78 is 11.1. The zero-order valence-electron chi connectivity index (χ0n) is 13.2. The molecule has 1 amide bonds. The van der Waals surface area contributed by atoms with E-state index in [1.165, 1.54) is 23.1 Å². The van der Waals surface area contributed by atoms with Crippen molar-refractivity contribution in [2.45, 2.75) is 16.5 Å². The maximum absolute atomic E-state index is 12.3. The van der Waals surface area contributed by atoms with E-state index < -0.39 is 0 Å². The Morgan fingerprint density at radius 2 is 2.00 bits per heavy atom. The number of thioether (sulfide) groups is 1. The van der Waals surface area contributed by atoms with Gasteiger partial charge in [-0.05, 0) is 19.1 Å². The number of hydrogen-bond donors (Lipinski definition) is 2. The molecule has 0 unspecified atom stereocenters. The van der Waals surface area contributed by atoms with Crippen LogP contribution in [0.3, 0.4) is 0 Å². The summed E-state index contributed by atoms with van der Waals surface area (Å²) >= 11 is 2.77. The smallest absolute Gasteiger partial charge is 0.237 e. The van der Waals surface area contributed by atoms with Crippen molar-refractivity contribution < 1.29 is 14.3 Å². The molecular weight excluding hydrogens is 336 g/mol. The number of carbonyl (C=O) groups excluding carboxylic acids is 1. The van der Waals surface area contributed by atoms with E-state index in [1.54, 1.807) is 39.5 Å². The summed E-state index contributed by atoms with van der Waals surface area (Å²) in [4.78, 5) is 12.3. The zero-order valence-corrected chi connectivity index (χ0v) is 14.9. The molecule has 7 nitrogen and oxygen atoms in total. The molecule has 0 bridgehead atoms. The van der Waals surface area contributed by atoms with Gasteiger partial charge in [-0.3, -0.25) is 4.79 Å². The lowest BCUT2D eigenvalue weighted by Gasteiger charge is -2.13. The molecule has 2 N–H and O–H groups in total. The zero-order chi connectivity index (χ0) is 16.8. The lowest BCUT2D eigenvalue weighted by molar-refractivity contribution is -0.115. The number of nitrogens with one attached hydrogen (secondary N) is 2. The maximum Gasteiger partial charge on any atom is 0.237 e. The lowest BCUT2D eigenvalue weighted by Crippen LogP contribution is -2.22. The topological polar surface area (TPSA) is 85.4 Å². The number of carbonyl (C=O) groups is 1. The van der Waals surface area contributed by atoms with Crippen molar-refractivity contribution in [1.82, 2.24) is 10.2 Å². The van der Waals surface area contributed by atoms with Crippen LogP contribution in [0, 0.1) is 0 Å². The van der Waals surface area contributed by atoms with Crippen LogP contribution in [0.15, 0.2) is 22.5 Å². The fourth-order valence-corrected chi connectivity index (χ4v) is 3.57. The Morgan fingerprint density at radius 3 is 2.61 bits per heavy atom. The van der Waals surface area contributed by atoms with E-state index in [2.05, 4.69) is 20.8 Å². The first-order valence-electron chi connectivity index (χ1n) is 6.78. The molecule has 0 saturated carbocycles. The van der Waals surface area contributed by atoms with Crippen molar-refractivity contribution in [3.05, 3.63) is 18.2 Å². The van der Waals surface area contributed by atoms with Gasteiger partial charge in [0.2, 0.25) is 11.0 Å². The summed E-state index contributed by atoms with van der Waals surface area (Å²) in [6.45, 7) is 1.82. The third-order valence-electron chi connectivity index (χ3n) is 2.92. The van der Waals surface area contributed by atoms with Gasteiger partial charge in [-0.2, -0.15) is 0 Å². The highest BCUT2D eigenvalue weighted by Gasteiger charge is 2.18. The molecule has 0 radical (unpaired) electrons. The van der Waals surface area contributed by atoms with Gasteiger partial charge in [0.15, 0.2) is 15.8 Å². The van der Waals surface area contributed by atoms with Gasteiger partial charge in [0.05, 0.1) is 19.5 Å². The van der Waals surface area contributed by atoms with Crippen LogP contribution in [-0.2, 0) is 4.79 Å². The second-order valence-corrected chi connectivity index (χ2v) is 7.01. The highest BCUT2D eigenvalue weighted by Crippen LogP contribution is 2.31. The van der Waals surface area contributed by atoms with Gasteiger partial charge in [0, 0.05) is 18.8 Å². The van der Waals surface area contributed by atoms with E-state index in [9.17, 15) is 4.79 Å². The van der Waals surface area contributed by atoms with E-state index in [1.807, 2.05) is 6.92 Å². The molecule has 9 heteroatoms. The van der Waals surface area contributed by atoms with Gasteiger partial charge in [-0.1, -0.05) is 23.1 Å². The van der Waals surface area contributed by atoms with Gasteiger partial charge in [-0.15, -0.1) is 10.2 Å². The summed E-state index contributed by atoms with van der Waals surface area (Å²) in [5.41, 5.74) is 0.647. The fourth-order valence-electron chi connectivity index (χ4n) is 1.72. The molecule has 0 aliphatic carbocycles. The molecule has 0 spiro atoms. The molecule has 1 aromatic carbocycles. The molecule has 0 fully saturated rings. The number of rotatable bonds is 7. The number of ether oxygens (including phenoxy) is 2. The Kier molecular flexibility index (Phi) is 6.05. The third kappa shape index (κ3) is 4.49. The summed E-state index contributed by atoms with van der Waals surface area (Å²) in [5, 5.41) is 14.2. The van der Waals surface area contributed by atoms with Crippen molar-refractivity contribution in [2.75, 3.05) is 31.9 Å². The van der Waals surface area contributed by atoms with Crippen LogP contribution >= 0.6 is 23.1 Å². The van der Waals surface area contributed by atoms with Crippen LogP contribution in [0.5, 0.6) is 11.5 Å². The third-order valence-corrected chi connectivity index (χ3v) is 5.04. The van der Waals surface area contributed by atoms with E-state index in [0.717, 1.165) is 9.47 Å². The summed E-state index contributed by atoms with van der Waals surface area (Å²) in [5.74, 6) is 1.05. The molecule has 2 rings (SSSR count). The van der Waals surface area contributed by atoms with Crippen LogP contribution in [0.4, 0.5) is 10.8 Å². The van der Waals surface area contributed by atoms with Crippen molar-refractivity contribution in [1.29, 1.82) is 0 Å². The number of aromatic nitrogens is 2. The molecule has 1 atom stereocenters. The highest BCUT2D eigenvalue weighted by atomic mass is 32.2. The van der Waals surface area contributed by atoms with Crippen LogP contribution in [-0.4, -0.2) is 42.6 Å². The molecule has 0 aliphatic heterocycles. The minimum absolute atomic E-state index is 0.122. The van der Waals surface area contributed by atoms with Crippen molar-refractivity contribution in [2.24, 2.45) is 0 Å². The monoisotopic (exact) mass is 354 g/mol. The fraction of sp³-hybridized carbons (Fsp3) is 0.357. The molecule has 23 heavy (non-hydrogen) atoms. The quantitative estimate of drug-likeness (QED) is 0.739. The molecule has 1 aromatic heterocycles. The van der Waals surface area contributed by atoms with Gasteiger partial charge in [-0.25, -0.2) is 0 Å². The molecule has 0 saturated heterocycles. The summed E-state index contributed by atoms with van der Waals surface area (Å²) in [7, 11) is 4.90. The molecular formula is C14H18N4O3S2. The number of anilines is 2. The standard InChI is InChI=1S/C14H18N4O3S2/c1-8(22-14-18-17-13(15-2)23-14)12(19)16-9-5-6-10(20-3)11(7-9)21-4/h5-8H,1-4H3,(H,15,17)(H,16,19)/t8-/m1/s1. The molecule has 0 aliphatic rings. The Hall–Kier alpha value is -2.00. The number of nitrogens with zero attached hydrogens (tertiary/aromatic N) is 2. The second-order valence-electron chi connectivity index (χ2n) is 4.44. The van der Waals surface area contributed by atoms with Crippen LogP contribution in [0.2, 0.25) is 0 Å². The second kappa shape index (κ2) is 8.02. The Bertz CT molecular complexity index is 678. The van der Waals surface area contributed by atoms with E-state index in [4.69, 9.17) is 9.47 Å². The maximum atomic E-state index is 12.3. The SMILES string of the molecule is CNc1nnc(S[C@H](C)C(=O)Nc2ccc(OC)c(OC)c2)s1. The first-order chi connectivity index (χ1) is 11.1. The van der Waals surface area contributed by atoms with E-state index in [0.29, 0.717) is 17.2 Å². The number of hydrogen-bond acceptors (Lipinski definition) is 8. The average molecular weight is 354 g/mol. The molecule has 124 valence electrons. The highest BCUT2D eigenvalue weighted by molar-refractivity contribution is 8.02. The first kappa shape index (κ1) is 17.4. The number of methoxy groups -OCH3 is 2. The van der Waals surface area contributed by atoms with Crippen molar-refractivity contribution in [3.63, 3.8) is 0 Å². The lowest BCUT2D eigenvalue weighted by atomic mass is 10.2. The summed E-state index contributed by atoms with van der Waals surface area (Å²) in [6, 6.07) is 5.23. The first-order valence-corrected chi connectivity index (χ1v) is 8.47. The van der Waals surface area contributed by atoms with Crippen LogP contribution < -0.4 is 20.1 Å². The predicted molar refractivity (Wildman–Crippen MR) is 93.0 cm³/mol. The Morgan fingerprint density at radius 1 is 1.26 bits per heavy atom. The summed E-state index contributed by atoms with van der Waals surface area (Å²) in [6.07, 6.45) is 0. The minimum atomic E-state index is -0.305. The van der Waals surface area contributed by atoms with E-state index >= 15 is 0 Å². The molecule has 2 aromatic rings. The minimum Gasteiger partial charge on any atom is -0.493 e. The Balaban J connectivity index is 2.00. The predicted octanol–water partition coefficient (Wildman–Crippen LogP) is 2.72. The van der Waals surface area contributed by atoms with Gasteiger partial charge < -0.3 is 20.1 Å². The van der Waals surface area contributed by atoms with Crippen LogP contribution in [0.25, 0.3) is 0 Å². The average Bonchev–Trinajstić information content (AvgIpc) is 3.02. The molecule has 1 heterocycles. The van der Waals surface area contributed by atoms with E-state index in [-0.39, 0.29) is 11.2 Å². The van der Waals surface area contributed by atoms with Crippen LogP contribution in [0.1, 0.15) is 6.92 Å². The van der Waals surface area contributed by atoms with Gasteiger partial charge in [0.1, 0.15) is 0 Å².